The maximum absolute atomic E-state index is 13.5. The van der Waals surface area contributed by atoms with E-state index in [2.05, 4.69) is 18.8 Å². The second kappa shape index (κ2) is 7.37. The van der Waals surface area contributed by atoms with Crippen molar-refractivity contribution in [3.05, 3.63) is 22.5 Å². The Balaban J connectivity index is 1.62. The molecule has 1 saturated heterocycles. The number of Topliss-reactive ketones (excluding diaryl/α,β-unsaturated/α-hetero) is 1. The smallest absolute Gasteiger partial charge is 0.256 e. The Kier molecular flexibility index (Phi) is 5.06. The quantitative estimate of drug-likeness (QED) is 0.866. The Hall–Kier alpha value is -2.11. The standard InChI is InChI=1S/C22H31N3O3/c1-13(2)17-12-24(10-9-19(27)25(17)11-15-7-8-15)22(28)20-14(3)23-16-5-4-6-18(26)21(16)20/h13,15,17,23H,4-12H2,1-3H3. The van der Waals surface area contributed by atoms with Gasteiger partial charge in [0.05, 0.1) is 17.2 Å². The first kappa shape index (κ1) is 19.2. The largest absolute Gasteiger partial charge is 0.361 e. The molecular formula is C22H31N3O3. The highest BCUT2D eigenvalue weighted by Gasteiger charge is 2.38. The molecule has 3 aliphatic rings. The lowest BCUT2D eigenvalue weighted by Gasteiger charge is -2.35. The number of nitrogens with one attached hydrogen (secondary N) is 1. The van der Waals surface area contributed by atoms with E-state index in [4.69, 9.17) is 0 Å². The van der Waals surface area contributed by atoms with E-state index in [1.165, 1.54) is 12.8 Å². The topological polar surface area (TPSA) is 73.5 Å². The van der Waals surface area contributed by atoms with E-state index in [0.29, 0.717) is 43.0 Å². The highest BCUT2D eigenvalue weighted by atomic mass is 16.2. The van der Waals surface area contributed by atoms with Crippen molar-refractivity contribution in [1.29, 1.82) is 0 Å². The van der Waals surface area contributed by atoms with Gasteiger partial charge in [0.15, 0.2) is 5.78 Å². The van der Waals surface area contributed by atoms with Gasteiger partial charge in [-0.2, -0.15) is 0 Å². The van der Waals surface area contributed by atoms with Crippen LogP contribution in [0.2, 0.25) is 0 Å². The average molecular weight is 386 g/mol. The van der Waals surface area contributed by atoms with Gasteiger partial charge < -0.3 is 14.8 Å². The number of aryl methyl sites for hydroxylation is 2. The number of amides is 2. The van der Waals surface area contributed by atoms with Gasteiger partial charge in [0, 0.05) is 43.9 Å². The molecule has 4 rings (SSSR count). The summed E-state index contributed by atoms with van der Waals surface area (Å²) in [4.78, 5) is 46.0. The van der Waals surface area contributed by atoms with Gasteiger partial charge in [0.1, 0.15) is 0 Å². The Bertz CT molecular complexity index is 806. The van der Waals surface area contributed by atoms with Gasteiger partial charge in [-0.05, 0) is 44.4 Å². The van der Waals surface area contributed by atoms with Crippen LogP contribution in [-0.4, -0.2) is 58.1 Å². The molecule has 6 heteroatoms. The Morgan fingerprint density at radius 1 is 1.18 bits per heavy atom. The zero-order valence-electron chi connectivity index (χ0n) is 17.2. The normalized spacial score (nSPS) is 23.2. The molecule has 0 bridgehead atoms. The molecule has 1 N–H and O–H groups in total. The number of nitrogens with zero attached hydrogens (tertiary/aromatic N) is 2. The molecule has 0 radical (unpaired) electrons. The second-order valence-electron chi connectivity index (χ2n) is 9.06. The third-order valence-corrected chi connectivity index (χ3v) is 6.52. The number of rotatable bonds is 4. The van der Waals surface area contributed by atoms with Crippen molar-refractivity contribution in [3.63, 3.8) is 0 Å². The molecule has 2 fully saturated rings. The molecule has 1 aliphatic heterocycles. The maximum atomic E-state index is 13.5. The van der Waals surface area contributed by atoms with Crippen molar-refractivity contribution in [3.8, 4) is 0 Å². The van der Waals surface area contributed by atoms with Crippen LogP contribution in [-0.2, 0) is 11.2 Å². The van der Waals surface area contributed by atoms with Crippen molar-refractivity contribution in [1.82, 2.24) is 14.8 Å². The summed E-state index contributed by atoms with van der Waals surface area (Å²) < 4.78 is 0. The third-order valence-electron chi connectivity index (χ3n) is 6.52. The fraction of sp³-hybridized carbons (Fsp3) is 0.682. The molecule has 2 aliphatic carbocycles. The summed E-state index contributed by atoms with van der Waals surface area (Å²) in [5, 5.41) is 0. The number of aromatic amines is 1. The molecule has 0 aromatic carbocycles. The highest BCUT2D eigenvalue weighted by Crippen LogP contribution is 2.33. The maximum Gasteiger partial charge on any atom is 0.256 e. The number of hydrogen-bond acceptors (Lipinski definition) is 3. The van der Waals surface area contributed by atoms with Crippen molar-refractivity contribution in [2.75, 3.05) is 19.6 Å². The molecular weight excluding hydrogens is 354 g/mol. The van der Waals surface area contributed by atoms with Gasteiger partial charge in [-0.3, -0.25) is 14.4 Å². The second-order valence-corrected chi connectivity index (χ2v) is 9.06. The number of H-pyrrole nitrogens is 1. The van der Waals surface area contributed by atoms with Crippen molar-refractivity contribution < 1.29 is 14.4 Å². The van der Waals surface area contributed by atoms with E-state index in [1.54, 1.807) is 0 Å². The first-order valence-corrected chi connectivity index (χ1v) is 10.7. The number of carbonyl (C=O) groups excluding carboxylic acids is 3. The van der Waals surface area contributed by atoms with Crippen molar-refractivity contribution in [2.24, 2.45) is 11.8 Å². The highest BCUT2D eigenvalue weighted by molar-refractivity contribution is 6.10. The van der Waals surface area contributed by atoms with E-state index in [-0.39, 0.29) is 29.6 Å². The zero-order valence-corrected chi connectivity index (χ0v) is 17.2. The molecule has 1 aromatic heterocycles. The minimum Gasteiger partial charge on any atom is -0.361 e. The minimum absolute atomic E-state index is 0.0327. The van der Waals surface area contributed by atoms with Crippen LogP contribution in [0.1, 0.15) is 78.1 Å². The summed E-state index contributed by atoms with van der Waals surface area (Å²) in [6, 6.07) is 0.0327. The van der Waals surface area contributed by atoms with Crippen molar-refractivity contribution >= 4 is 17.6 Å². The molecule has 152 valence electrons. The number of hydrogen-bond donors (Lipinski definition) is 1. The lowest BCUT2D eigenvalue weighted by atomic mass is 9.92. The number of ketones is 1. The fourth-order valence-corrected chi connectivity index (χ4v) is 4.71. The zero-order chi connectivity index (χ0) is 20.0. The first-order valence-electron chi connectivity index (χ1n) is 10.7. The van der Waals surface area contributed by atoms with E-state index >= 15 is 0 Å². The van der Waals surface area contributed by atoms with Gasteiger partial charge in [-0.25, -0.2) is 0 Å². The predicted octanol–water partition coefficient (Wildman–Crippen LogP) is 2.95. The summed E-state index contributed by atoms with van der Waals surface area (Å²) in [7, 11) is 0. The molecule has 2 amide bonds. The van der Waals surface area contributed by atoms with Gasteiger partial charge in [0.25, 0.3) is 5.91 Å². The molecule has 2 heterocycles. The van der Waals surface area contributed by atoms with Crippen LogP contribution in [0, 0.1) is 18.8 Å². The number of fused-ring (bicyclic) bond motifs is 1. The van der Waals surface area contributed by atoms with Gasteiger partial charge in [-0.1, -0.05) is 13.8 Å². The lowest BCUT2D eigenvalue weighted by molar-refractivity contribution is -0.133. The molecule has 1 unspecified atom stereocenters. The summed E-state index contributed by atoms with van der Waals surface area (Å²) in [6.45, 7) is 7.91. The Labute approximate surface area is 166 Å². The fourth-order valence-electron chi connectivity index (χ4n) is 4.71. The molecule has 0 spiro atoms. The minimum atomic E-state index is -0.100. The Morgan fingerprint density at radius 3 is 2.61 bits per heavy atom. The van der Waals surface area contributed by atoms with Crippen LogP contribution in [0.5, 0.6) is 0 Å². The number of carbonyl (C=O) groups is 3. The van der Waals surface area contributed by atoms with Crippen molar-refractivity contribution in [2.45, 2.75) is 65.3 Å². The molecule has 6 nitrogen and oxygen atoms in total. The molecule has 1 aromatic rings. The van der Waals surface area contributed by atoms with Gasteiger partial charge in [0.2, 0.25) is 5.91 Å². The number of aromatic nitrogens is 1. The summed E-state index contributed by atoms with van der Waals surface area (Å²) in [5.74, 6) is 1.03. The average Bonchev–Trinajstić information content (AvgIpc) is 3.41. The molecule has 1 atom stereocenters. The van der Waals surface area contributed by atoms with Crippen LogP contribution < -0.4 is 0 Å². The van der Waals surface area contributed by atoms with Crippen LogP contribution >= 0.6 is 0 Å². The van der Waals surface area contributed by atoms with E-state index in [1.807, 2.05) is 16.7 Å². The third kappa shape index (κ3) is 3.49. The first-order chi connectivity index (χ1) is 13.4. The van der Waals surface area contributed by atoms with Crippen LogP contribution in [0.15, 0.2) is 0 Å². The van der Waals surface area contributed by atoms with Crippen LogP contribution in [0.25, 0.3) is 0 Å². The summed E-state index contributed by atoms with van der Waals surface area (Å²) >= 11 is 0. The Morgan fingerprint density at radius 2 is 1.93 bits per heavy atom. The monoisotopic (exact) mass is 385 g/mol. The SMILES string of the molecule is Cc1[nH]c2c(c1C(=O)N1CCC(=O)N(CC3CC3)C(C(C)C)C1)C(=O)CCC2. The van der Waals surface area contributed by atoms with E-state index in [0.717, 1.165) is 30.8 Å². The molecule has 1 saturated carbocycles. The van der Waals surface area contributed by atoms with Gasteiger partial charge in [-0.15, -0.1) is 0 Å². The van der Waals surface area contributed by atoms with Crippen LogP contribution in [0.4, 0.5) is 0 Å². The van der Waals surface area contributed by atoms with Crippen LogP contribution in [0.3, 0.4) is 0 Å². The van der Waals surface area contributed by atoms with E-state index in [9.17, 15) is 14.4 Å². The summed E-state index contributed by atoms with van der Waals surface area (Å²) in [5.41, 5.74) is 2.81. The molecule has 28 heavy (non-hydrogen) atoms. The summed E-state index contributed by atoms with van der Waals surface area (Å²) in [6.07, 6.45) is 4.93. The van der Waals surface area contributed by atoms with Gasteiger partial charge >= 0.3 is 0 Å². The predicted molar refractivity (Wildman–Crippen MR) is 106 cm³/mol. The lowest BCUT2D eigenvalue weighted by Crippen LogP contribution is -2.48. The van der Waals surface area contributed by atoms with E-state index < -0.39 is 0 Å².